The maximum atomic E-state index is 12.5. The molecule has 1 saturated heterocycles. The Hall–Kier alpha value is -1.62. The zero-order chi connectivity index (χ0) is 16.2. The van der Waals surface area contributed by atoms with E-state index < -0.39 is 0 Å². The number of amides is 2. The molecule has 0 bridgehead atoms. The van der Waals surface area contributed by atoms with Crippen LogP contribution in [0, 0.1) is 5.41 Å². The van der Waals surface area contributed by atoms with E-state index in [1.165, 1.54) is 0 Å². The molecule has 1 fully saturated rings. The summed E-state index contributed by atoms with van der Waals surface area (Å²) in [5.74, 6) is 0. The van der Waals surface area contributed by atoms with Crippen LogP contribution in [0.5, 0.6) is 0 Å². The number of rotatable bonds is 5. The molecule has 2 rings (SSSR count). The van der Waals surface area contributed by atoms with Gasteiger partial charge in [0.05, 0.1) is 12.1 Å². The average Bonchev–Trinajstić information content (AvgIpc) is 2.94. The van der Waals surface area contributed by atoms with Crippen LogP contribution in [0.3, 0.4) is 0 Å². The predicted molar refractivity (Wildman–Crippen MR) is 86.4 cm³/mol. The van der Waals surface area contributed by atoms with Gasteiger partial charge in [-0.25, -0.2) is 4.79 Å². The van der Waals surface area contributed by atoms with Crippen LogP contribution in [0.1, 0.15) is 51.6 Å². The molecule has 2 N–H and O–H groups in total. The first kappa shape index (κ1) is 16.7. The number of pyridine rings is 1. The van der Waals surface area contributed by atoms with Gasteiger partial charge in [-0.3, -0.25) is 4.98 Å². The lowest BCUT2D eigenvalue weighted by Crippen LogP contribution is -2.43. The molecule has 2 atom stereocenters. The van der Waals surface area contributed by atoms with Crippen molar-refractivity contribution in [1.29, 1.82) is 0 Å². The number of nitrogens with one attached hydrogen (secondary N) is 1. The zero-order valence-corrected chi connectivity index (χ0v) is 13.7. The first-order valence-electron chi connectivity index (χ1n) is 8.01. The summed E-state index contributed by atoms with van der Waals surface area (Å²) in [6.45, 7) is 7.25. The summed E-state index contributed by atoms with van der Waals surface area (Å²) in [5.41, 5.74) is 1.03. The molecule has 0 saturated carbocycles. The van der Waals surface area contributed by atoms with Crippen molar-refractivity contribution in [2.75, 3.05) is 13.1 Å². The summed E-state index contributed by atoms with van der Waals surface area (Å²) in [4.78, 5) is 18.4. The second kappa shape index (κ2) is 7.09. The third kappa shape index (κ3) is 4.44. The van der Waals surface area contributed by atoms with E-state index in [4.69, 9.17) is 0 Å². The van der Waals surface area contributed by atoms with Gasteiger partial charge in [0.1, 0.15) is 0 Å². The molecular formula is C17H27N3O2. The minimum Gasteiger partial charge on any atom is -0.393 e. The molecule has 2 amide bonds. The number of hydrogen-bond acceptors (Lipinski definition) is 3. The van der Waals surface area contributed by atoms with Crippen molar-refractivity contribution in [3.63, 3.8) is 0 Å². The van der Waals surface area contributed by atoms with Gasteiger partial charge in [0.2, 0.25) is 0 Å². The molecule has 2 unspecified atom stereocenters. The Bertz CT molecular complexity index is 488. The number of urea groups is 1. The number of likely N-dealkylation sites (tertiary alicyclic amines) is 1. The van der Waals surface area contributed by atoms with Crippen LogP contribution in [0.2, 0.25) is 0 Å². The van der Waals surface area contributed by atoms with Crippen LogP contribution < -0.4 is 5.32 Å². The number of aromatic nitrogens is 1. The number of aliphatic hydroxyl groups excluding tert-OH is 1. The highest BCUT2D eigenvalue weighted by Crippen LogP contribution is 2.31. The fourth-order valence-electron chi connectivity index (χ4n) is 3.23. The van der Waals surface area contributed by atoms with Gasteiger partial charge in [0, 0.05) is 25.5 Å². The first-order chi connectivity index (χ1) is 10.4. The molecule has 1 aliphatic rings. The molecule has 22 heavy (non-hydrogen) atoms. The maximum absolute atomic E-state index is 12.5. The molecule has 0 radical (unpaired) electrons. The van der Waals surface area contributed by atoms with Gasteiger partial charge in [0.25, 0.3) is 0 Å². The van der Waals surface area contributed by atoms with Crippen molar-refractivity contribution in [1.82, 2.24) is 15.2 Å². The van der Waals surface area contributed by atoms with Crippen molar-refractivity contribution in [2.45, 2.75) is 52.2 Å². The Morgan fingerprint density at radius 3 is 2.82 bits per heavy atom. The lowest BCUT2D eigenvalue weighted by atomic mass is 9.87. The molecule has 0 aliphatic carbocycles. The second-order valence-electron chi connectivity index (χ2n) is 7.01. The van der Waals surface area contributed by atoms with Crippen molar-refractivity contribution in [3.8, 4) is 0 Å². The first-order valence-corrected chi connectivity index (χ1v) is 8.01. The molecule has 2 heterocycles. The summed E-state index contributed by atoms with van der Waals surface area (Å²) in [7, 11) is 0. The molecule has 1 aliphatic heterocycles. The van der Waals surface area contributed by atoms with E-state index in [-0.39, 0.29) is 23.6 Å². The number of carbonyl (C=O) groups is 1. The number of carbonyl (C=O) groups excluding carboxylic acids is 1. The Kier molecular flexibility index (Phi) is 5.40. The van der Waals surface area contributed by atoms with Gasteiger partial charge >= 0.3 is 6.03 Å². The Labute approximate surface area is 132 Å². The fourth-order valence-corrected chi connectivity index (χ4v) is 3.23. The average molecular weight is 305 g/mol. The minimum absolute atomic E-state index is 0.0158. The second-order valence-corrected chi connectivity index (χ2v) is 7.01. The fraction of sp³-hybridized carbons (Fsp3) is 0.647. The third-order valence-corrected chi connectivity index (χ3v) is 4.17. The van der Waals surface area contributed by atoms with Crippen LogP contribution in [-0.4, -0.2) is 40.2 Å². The quantitative estimate of drug-likeness (QED) is 0.879. The highest BCUT2D eigenvalue weighted by Gasteiger charge is 2.31. The molecule has 1 aromatic rings. The van der Waals surface area contributed by atoms with Gasteiger partial charge < -0.3 is 15.3 Å². The Morgan fingerprint density at radius 1 is 1.50 bits per heavy atom. The summed E-state index contributed by atoms with van der Waals surface area (Å²) in [6.07, 6.45) is 5.88. The van der Waals surface area contributed by atoms with Crippen LogP contribution in [0.4, 0.5) is 4.79 Å². The lowest BCUT2D eigenvalue weighted by molar-refractivity contribution is 0.126. The van der Waals surface area contributed by atoms with Crippen molar-refractivity contribution in [2.24, 2.45) is 5.41 Å². The summed E-state index contributed by atoms with van der Waals surface area (Å²) >= 11 is 0. The lowest BCUT2D eigenvalue weighted by Gasteiger charge is -2.30. The minimum atomic E-state index is -0.358. The summed E-state index contributed by atoms with van der Waals surface area (Å²) < 4.78 is 0. The smallest absolute Gasteiger partial charge is 0.317 e. The van der Waals surface area contributed by atoms with Gasteiger partial charge in [-0.2, -0.15) is 0 Å². The van der Waals surface area contributed by atoms with E-state index in [9.17, 15) is 9.90 Å². The zero-order valence-electron chi connectivity index (χ0n) is 13.7. The standard InChI is InChI=1S/C17H27N3O2/c1-13(21)11-17(2,3)12-19-16(22)20-10-4-5-15(20)14-6-8-18-9-7-14/h6-9,13,15,21H,4-5,10-12H2,1-3H3,(H,19,22). The molecular weight excluding hydrogens is 278 g/mol. The Morgan fingerprint density at radius 2 is 2.18 bits per heavy atom. The predicted octanol–water partition coefficient (Wildman–Crippen LogP) is 2.73. The van der Waals surface area contributed by atoms with E-state index in [0.717, 1.165) is 24.9 Å². The molecule has 5 nitrogen and oxygen atoms in total. The monoisotopic (exact) mass is 305 g/mol. The van der Waals surface area contributed by atoms with Gasteiger partial charge in [0.15, 0.2) is 0 Å². The largest absolute Gasteiger partial charge is 0.393 e. The molecule has 1 aromatic heterocycles. The van der Waals surface area contributed by atoms with Gasteiger partial charge in [-0.15, -0.1) is 0 Å². The maximum Gasteiger partial charge on any atom is 0.317 e. The third-order valence-electron chi connectivity index (χ3n) is 4.17. The van der Waals surface area contributed by atoms with Crippen LogP contribution in [0.25, 0.3) is 0 Å². The van der Waals surface area contributed by atoms with Crippen LogP contribution >= 0.6 is 0 Å². The van der Waals surface area contributed by atoms with Gasteiger partial charge in [-0.05, 0) is 49.3 Å². The molecule has 122 valence electrons. The highest BCUT2D eigenvalue weighted by molar-refractivity contribution is 5.75. The van der Waals surface area contributed by atoms with Crippen LogP contribution in [-0.2, 0) is 0 Å². The van der Waals surface area contributed by atoms with E-state index in [2.05, 4.69) is 24.1 Å². The highest BCUT2D eigenvalue weighted by atomic mass is 16.3. The van der Waals surface area contributed by atoms with Crippen molar-refractivity contribution < 1.29 is 9.90 Å². The Balaban J connectivity index is 1.94. The topological polar surface area (TPSA) is 65.5 Å². The summed E-state index contributed by atoms with van der Waals surface area (Å²) in [6, 6.07) is 4.09. The molecule has 0 spiro atoms. The van der Waals surface area contributed by atoms with E-state index in [1.54, 1.807) is 19.3 Å². The SMILES string of the molecule is CC(O)CC(C)(C)CNC(=O)N1CCCC1c1ccncc1. The molecule has 5 heteroatoms. The van der Waals surface area contributed by atoms with Crippen molar-refractivity contribution in [3.05, 3.63) is 30.1 Å². The molecule has 0 aromatic carbocycles. The van der Waals surface area contributed by atoms with Crippen molar-refractivity contribution >= 4 is 6.03 Å². The van der Waals surface area contributed by atoms with Crippen LogP contribution in [0.15, 0.2) is 24.5 Å². The normalized spacial score (nSPS) is 20.0. The summed E-state index contributed by atoms with van der Waals surface area (Å²) in [5, 5.41) is 12.6. The number of aliphatic hydroxyl groups is 1. The van der Waals surface area contributed by atoms with Gasteiger partial charge in [-0.1, -0.05) is 13.8 Å². The van der Waals surface area contributed by atoms with E-state index in [1.807, 2.05) is 17.0 Å². The van der Waals surface area contributed by atoms with E-state index in [0.29, 0.717) is 13.0 Å². The number of hydrogen-bond donors (Lipinski definition) is 2. The number of nitrogens with zero attached hydrogens (tertiary/aromatic N) is 2. The van der Waals surface area contributed by atoms with E-state index >= 15 is 0 Å².